The molecular formula is C19H20ClN7O2. The van der Waals surface area contributed by atoms with Crippen molar-refractivity contribution in [3.63, 3.8) is 0 Å². The van der Waals surface area contributed by atoms with E-state index in [1.807, 2.05) is 19.9 Å². The lowest BCUT2D eigenvalue weighted by molar-refractivity contribution is 0.0730. The van der Waals surface area contributed by atoms with Crippen molar-refractivity contribution in [2.75, 3.05) is 31.3 Å². The smallest absolute Gasteiger partial charge is 0.256 e. The summed E-state index contributed by atoms with van der Waals surface area (Å²) in [5, 5.41) is 10.5. The summed E-state index contributed by atoms with van der Waals surface area (Å²) in [6.07, 6.45) is 3.12. The maximum atomic E-state index is 13.3. The van der Waals surface area contributed by atoms with Gasteiger partial charge in [0.05, 0.1) is 36.8 Å². The second-order valence-electron chi connectivity index (χ2n) is 6.62. The monoisotopic (exact) mass is 413 g/mol. The fourth-order valence-corrected chi connectivity index (χ4v) is 3.39. The molecule has 0 unspecified atom stereocenters. The van der Waals surface area contributed by atoms with E-state index in [-0.39, 0.29) is 5.91 Å². The molecule has 0 saturated carbocycles. The van der Waals surface area contributed by atoms with E-state index in [4.69, 9.17) is 16.4 Å². The Kier molecular flexibility index (Phi) is 5.41. The number of halogens is 1. The summed E-state index contributed by atoms with van der Waals surface area (Å²) in [5.41, 5.74) is 1.88. The van der Waals surface area contributed by atoms with Crippen LogP contribution in [-0.2, 0) is 4.84 Å². The molecule has 10 heteroatoms. The standard InChI is InChI=1S/C19H20ClN7O2/c1-13-11-18(24-14(2)23-13)26-8-7-25(9-10-29-26)19(28)16-12-15(20)3-4-17(16)27-21-5-6-22-27/h3-6,11-12H,7-10H2,1-2H3. The summed E-state index contributed by atoms with van der Waals surface area (Å²) in [6, 6.07) is 6.96. The third kappa shape index (κ3) is 4.20. The Labute approximate surface area is 172 Å². The van der Waals surface area contributed by atoms with Crippen LogP contribution >= 0.6 is 11.6 Å². The highest BCUT2D eigenvalue weighted by Crippen LogP contribution is 2.22. The molecule has 9 nitrogen and oxygen atoms in total. The highest BCUT2D eigenvalue weighted by molar-refractivity contribution is 6.31. The van der Waals surface area contributed by atoms with Crippen LogP contribution in [0.15, 0.2) is 36.7 Å². The number of nitrogens with zero attached hydrogens (tertiary/aromatic N) is 7. The topological polar surface area (TPSA) is 89.3 Å². The van der Waals surface area contributed by atoms with Crippen molar-refractivity contribution in [2.45, 2.75) is 13.8 Å². The van der Waals surface area contributed by atoms with Crippen molar-refractivity contribution in [3.8, 4) is 5.69 Å². The molecule has 4 rings (SSSR count). The van der Waals surface area contributed by atoms with Gasteiger partial charge in [0.2, 0.25) is 0 Å². The molecule has 0 spiro atoms. The molecule has 1 amide bonds. The Morgan fingerprint density at radius 3 is 2.62 bits per heavy atom. The molecular weight excluding hydrogens is 394 g/mol. The second-order valence-corrected chi connectivity index (χ2v) is 7.06. The van der Waals surface area contributed by atoms with Gasteiger partial charge >= 0.3 is 0 Å². The third-order valence-electron chi connectivity index (χ3n) is 4.50. The first-order valence-corrected chi connectivity index (χ1v) is 9.57. The predicted octanol–water partition coefficient (Wildman–Crippen LogP) is 2.22. The van der Waals surface area contributed by atoms with Gasteiger partial charge in [0.1, 0.15) is 5.82 Å². The molecule has 0 atom stereocenters. The molecule has 3 heterocycles. The summed E-state index contributed by atoms with van der Waals surface area (Å²) < 4.78 is 0. The summed E-state index contributed by atoms with van der Waals surface area (Å²) in [7, 11) is 0. The second kappa shape index (κ2) is 8.14. The van der Waals surface area contributed by atoms with Crippen molar-refractivity contribution >= 4 is 23.3 Å². The number of hydrogen-bond donors (Lipinski definition) is 0. The van der Waals surface area contributed by atoms with Crippen LogP contribution in [0.2, 0.25) is 5.02 Å². The van der Waals surface area contributed by atoms with Crippen molar-refractivity contribution in [2.24, 2.45) is 0 Å². The first kappa shape index (κ1) is 19.3. The van der Waals surface area contributed by atoms with Crippen molar-refractivity contribution in [1.82, 2.24) is 29.9 Å². The number of carbonyl (C=O) groups excluding carboxylic acids is 1. The number of amides is 1. The summed E-state index contributed by atoms with van der Waals surface area (Å²) in [5.74, 6) is 1.21. The van der Waals surface area contributed by atoms with E-state index in [1.165, 1.54) is 4.80 Å². The van der Waals surface area contributed by atoms with Crippen LogP contribution in [0.5, 0.6) is 0 Å². The lowest BCUT2D eigenvalue weighted by Gasteiger charge is -2.22. The number of hydrogen-bond acceptors (Lipinski definition) is 7. The molecule has 1 aliphatic rings. The highest BCUT2D eigenvalue weighted by Gasteiger charge is 2.25. The van der Waals surface area contributed by atoms with Crippen LogP contribution < -0.4 is 5.06 Å². The minimum Gasteiger partial charge on any atom is -0.334 e. The first-order chi connectivity index (χ1) is 14.0. The van der Waals surface area contributed by atoms with E-state index in [9.17, 15) is 4.79 Å². The normalized spacial score (nSPS) is 14.7. The van der Waals surface area contributed by atoms with Gasteiger partial charge in [-0.25, -0.2) is 15.0 Å². The number of aromatic nitrogens is 5. The zero-order valence-electron chi connectivity index (χ0n) is 16.1. The summed E-state index contributed by atoms with van der Waals surface area (Å²) in [6.45, 7) is 5.50. The van der Waals surface area contributed by atoms with E-state index in [0.717, 1.165) is 5.69 Å². The molecule has 0 aliphatic carbocycles. The highest BCUT2D eigenvalue weighted by atomic mass is 35.5. The van der Waals surface area contributed by atoms with Crippen LogP contribution in [0.25, 0.3) is 5.69 Å². The number of carbonyl (C=O) groups is 1. The zero-order chi connectivity index (χ0) is 20.4. The molecule has 1 saturated heterocycles. The van der Waals surface area contributed by atoms with Crippen LogP contribution in [0.3, 0.4) is 0 Å². The number of rotatable bonds is 3. The number of benzene rings is 1. The van der Waals surface area contributed by atoms with Crippen molar-refractivity contribution < 1.29 is 9.63 Å². The van der Waals surface area contributed by atoms with Gasteiger partial charge in [-0.15, -0.1) is 0 Å². The molecule has 1 aliphatic heterocycles. The number of aryl methyl sites for hydroxylation is 2. The fourth-order valence-electron chi connectivity index (χ4n) is 3.22. The molecule has 150 valence electrons. The van der Waals surface area contributed by atoms with E-state index in [2.05, 4.69) is 20.2 Å². The molecule has 1 fully saturated rings. The third-order valence-corrected chi connectivity index (χ3v) is 4.73. The van der Waals surface area contributed by atoms with Gasteiger partial charge in [0.15, 0.2) is 5.82 Å². The lowest BCUT2D eigenvalue weighted by atomic mass is 10.1. The maximum absolute atomic E-state index is 13.3. The Morgan fingerprint density at radius 1 is 1.07 bits per heavy atom. The molecule has 3 aromatic rings. The molecule has 2 aromatic heterocycles. The Hall–Kier alpha value is -3.04. The fraction of sp³-hybridized carbons (Fsp3) is 0.316. The van der Waals surface area contributed by atoms with Crippen LogP contribution in [0.4, 0.5) is 5.82 Å². The van der Waals surface area contributed by atoms with Gasteiger partial charge in [0, 0.05) is 29.9 Å². The van der Waals surface area contributed by atoms with Gasteiger partial charge in [-0.1, -0.05) is 11.6 Å². The SMILES string of the molecule is Cc1cc(N2CCN(C(=O)c3cc(Cl)ccc3-n3nccn3)CCO2)nc(C)n1. The van der Waals surface area contributed by atoms with E-state index in [0.29, 0.717) is 54.2 Å². The van der Waals surface area contributed by atoms with Crippen LogP contribution in [0.1, 0.15) is 21.9 Å². The lowest BCUT2D eigenvalue weighted by Crippen LogP contribution is -2.36. The minimum absolute atomic E-state index is 0.153. The van der Waals surface area contributed by atoms with Crippen molar-refractivity contribution in [3.05, 3.63) is 58.8 Å². The van der Waals surface area contributed by atoms with Gasteiger partial charge < -0.3 is 4.90 Å². The predicted molar refractivity (Wildman–Crippen MR) is 107 cm³/mol. The van der Waals surface area contributed by atoms with E-state index in [1.54, 1.807) is 40.6 Å². The van der Waals surface area contributed by atoms with Gasteiger partial charge in [-0.05, 0) is 32.0 Å². The van der Waals surface area contributed by atoms with Crippen LogP contribution in [-0.4, -0.2) is 62.0 Å². The molecule has 0 N–H and O–H groups in total. The quantitative estimate of drug-likeness (QED) is 0.650. The van der Waals surface area contributed by atoms with Gasteiger partial charge in [-0.2, -0.15) is 15.0 Å². The molecule has 0 radical (unpaired) electrons. The average molecular weight is 414 g/mol. The molecule has 1 aromatic carbocycles. The molecule has 29 heavy (non-hydrogen) atoms. The summed E-state index contributed by atoms with van der Waals surface area (Å²) in [4.78, 5) is 31.0. The van der Waals surface area contributed by atoms with E-state index < -0.39 is 0 Å². The zero-order valence-corrected chi connectivity index (χ0v) is 16.9. The Balaban J connectivity index is 1.56. The largest absolute Gasteiger partial charge is 0.334 e. The average Bonchev–Trinajstić information content (AvgIpc) is 3.10. The van der Waals surface area contributed by atoms with Crippen molar-refractivity contribution in [1.29, 1.82) is 0 Å². The van der Waals surface area contributed by atoms with Gasteiger partial charge in [0.25, 0.3) is 5.91 Å². The minimum atomic E-state index is -0.153. The van der Waals surface area contributed by atoms with E-state index >= 15 is 0 Å². The van der Waals surface area contributed by atoms with Gasteiger partial charge in [-0.3, -0.25) is 9.63 Å². The number of anilines is 1. The molecule has 0 bridgehead atoms. The van der Waals surface area contributed by atoms with Crippen LogP contribution in [0, 0.1) is 13.8 Å². The number of hydroxylamine groups is 1. The Morgan fingerprint density at radius 2 is 1.86 bits per heavy atom. The maximum Gasteiger partial charge on any atom is 0.256 e. The Bertz CT molecular complexity index is 1010. The summed E-state index contributed by atoms with van der Waals surface area (Å²) >= 11 is 6.16. The first-order valence-electron chi connectivity index (χ1n) is 9.19.